The Morgan fingerprint density at radius 3 is 2.70 bits per heavy atom. The average Bonchev–Trinajstić information content (AvgIpc) is 2.88. The zero-order chi connectivity index (χ0) is 13.9. The monoisotopic (exact) mass is 271 g/mol. The van der Waals surface area contributed by atoms with Crippen molar-refractivity contribution in [2.45, 2.75) is 25.5 Å². The van der Waals surface area contributed by atoms with Crippen LogP contribution in [0.2, 0.25) is 0 Å². The first kappa shape index (κ1) is 13.1. The molecule has 1 N–H and O–H groups in total. The molecule has 2 aromatic carbocycles. The number of hydrogen-bond acceptors (Lipinski definition) is 2. The molecule has 0 radical (unpaired) electrons. The van der Waals surface area contributed by atoms with Crippen molar-refractivity contribution in [1.82, 2.24) is 5.32 Å². The van der Waals surface area contributed by atoms with Crippen LogP contribution < -0.4 is 10.1 Å². The standard InChI is InChI=1S/C17H18FNO/c1-12(13-6-8-15(18)9-7-13)19-11-16-10-14-4-2-3-5-17(14)20-16/h2-9,12,16,19H,10-11H2,1H3/t12-,16?/m0/s1. The Labute approximate surface area is 118 Å². The van der Waals surface area contributed by atoms with Crippen molar-refractivity contribution >= 4 is 0 Å². The van der Waals surface area contributed by atoms with Gasteiger partial charge in [0.15, 0.2) is 0 Å². The van der Waals surface area contributed by atoms with Crippen LogP contribution in [0.15, 0.2) is 48.5 Å². The summed E-state index contributed by atoms with van der Waals surface area (Å²) in [5, 5.41) is 3.45. The lowest BCUT2D eigenvalue weighted by Gasteiger charge is -2.17. The van der Waals surface area contributed by atoms with Gasteiger partial charge in [-0.15, -0.1) is 0 Å². The molecule has 1 unspecified atom stereocenters. The van der Waals surface area contributed by atoms with Gasteiger partial charge in [0, 0.05) is 19.0 Å². The molecule has 3 heteroatoms. The van der Waals surface area contributed by atoms with Crippen molar-refractivity contribution in [3.05, 3.63) is 65.5 Å². The summed E-state index contributed by atoms with van der Waals surface area (Å²) in [4.78, 5) is 0. The van der Waals surface area contributed by atoms with Crippen molar-refractivity contribution in [2.75, 3.05) is 6.54 Å². The van der Waals surface area contributed by atoms with Crippen LogP contribution in [0.5, 0.6) is 5.75 Å². The average molecular weight is 271 g/mol. The van der Waals surface area contributed by atoms with E-state index < -0.39 is 0 Å². The Morgan fingerprint density at radius 2 is 1.95 bits per heavy atom. The molecule has 104 valence electrons. The summed E-state index contributed by atoms with van der Waals surface area (Å²) in [5.74, 6) is 0.796. The van der Waals surface area contributed by atoms with E-state index in [1.807, 2.05) is 30.3 Å². The van der Waals surface area contributed by atoms with Crippen LogP contribution in [0.1, 0.15) is 24.1 Å². The van der Waals surface area contributed by atoms with Gasteiger partial charge in [-0.2, -0.15) is 0 Å². The van der Waals surface area contributed by atoms with Crippen molar-refractivity contribution in [3.63, 3.8) is 0 Å². The Morgan fingerprint density at radius 1 is 1.20 bits per heavy atom. The number of ether oxygens (including phenoxy) is 1. The minimum absolute atomic E-state index is 0.176. The van der Waals surface area contributed by atoms with Crippen molar-refractivity contribution in [2.24, 2.45) is 0 Å². The third-order valence-corrected chi connectivity index (χ3v) is 3.74. The predicted octanol–water partition coefficient (Wildman–Crippen LogP) is 3.48. The molecule has 1 heterocycles. The van der Waals surface area contributed by atoms with E-state index in [9.17, 15) is 4.39 Å². The molecule has 1 aliphatic rings. The molecule has 1 aliphatic heterocycles. The van der Waals surface area contributed by atoms with Gasteiger partial charge >= 0.3 is 0 Å². The van der Waals surface area contributed by atoms with Gasteiger partial charge in [-0.25, -0.2) is 4.39 Å². The molecule has 0 saturated heterocycles. The molecule has 0 aromatic heterocycles. The highest BCUT2D eigenvalue weighted by molar-refractivity contribution is 5.37. The molecule has 2 aromatic rings. The molecule has 0 saturated carbocycles. The molecule has 0 bridgehead atoms. The van der Waals surface area contributed by atoms with Gasteiger partial charge in [0.05, 0.1) is 0 Å². The Balaban J connectivity index is 1.55. The Kier molecular flexibility index (Phi) is 3.70. The van der Waals surface area contributed by atoms with Crippen LogP contribution in [-0.2, 0) is 6.42 Å². The highest BCUT2D eigenvalue weighted by Crippen LogP contribution is 2.28. The van der Waals surface area contributed by atoms with Crippen molar-refractivity contribution < 1.29 is 9.13 Å². The maximum Gasteiger partial charge on any atom is 0.123 e. The van der Waals surface area contributed by atoms with Gasteiger partial charge in [-0.3, -0.25) is 0 Å². The van der Waals surface area contributed by atoms with E-state index in [1.165, 1.54) is 17.7 Å². The van der Waals surface area contributed by atoms with Gasteiger partial charge in [0.2, 0.25) is 0 Å². The quantitative estimate of drug-likeness (QED) is 0.919. The number of hydrogen-bond donors (Lipinski definition) is 1. The predicted molar refractivity (Wildman–Crippen MR) is 77.4 cm³/mol. The largest absolute Gasteiger partial charge is 0.488 e. The van der Waals surface area contributed by atoms with Crippen LogP contribution in [0.4, 0.5) is 4.39 Å². The molecule has 0 amide bonds. The van der Waals surface area contributed by atoms with Gasteiger partial charge in [0.1, 0.15) is 17.7 Å². The normalized spacial score (nSPS) is 18.4. The lowest BCUT2D eigenvalue weighted by atomic mass is 10.1. The van der Waals surface area contributed by atoms with E-state index >= 15 is 0 Å². The first-order valence-electron chi connectivity index (χ1n) is 6.96. The number of rotatable bonds is 4. The van der Waals surface area contributed by atoms with Gasteiger partial charge in [0.25, 0.3) is 0 Å². The summed E-state index contributed by atoms with van der Waals surface area (Å²) in [6.45, 7) is 2.86. The third kappa shape index (κ3) is 2.83. The maximum absolute atomic E-state index is 12.9. The molecule has 2 nitrogen and oxygen atoms in total. The van der Waals surface area contributed by atoms with Crippen LogP contribution in [0.25, 0.3) is 0 Å². The van der Waals surface area contributed by atoms with Crippen LogP contribution in [-0.4, -0.2) is 12.6 Å². The Hall–Kier alpha value is -1.87. The minimum atomic E-state index is -0.199. The molecule has 2 atom stereocenters. The van der Waals surface area contributed by atoms with Crippen molar-refractivity contribution in [1.29, 1.82) is 0 Å². The van der Waals surface area contributed by atoms with Gasteiger partial charge in [-0.1, -0.05) is 30.3 Å². The lowest BCUT2D eigenvalue weighted by Crippen LogP contribution is -2.31. The summed E-state index contributed by atoms with van der Waals surface area (Å²) >= 11 is 0. The molecule has 3 rings (SSSR count). The molecule has 0 spiro atoms. The third-order valence-electron chi connectivity index (χ3n) is 3.74. The summed E-state index contributed by atoms with van der Waals surface area (Å²) in [5.41, 5.74) is 2.36. The summed E-state index contributed by atoms with van der Waals surface area (Å²) in [7, 11) is 0. The first-order chi connectivity index (χ1) is 9.72. The SMILES string of the molecule is C[C@H](NCC1Cc2ccccc2O1)c1ccc(F)cc1. The van der Waals surface area contributed by atoms with E-state index in [0.717, 1.165) is 24.3 Å². The highest BCUT2D eigenvalue weighted by atomic mass is 19.1. The summed E-state index contributed by atoms with van der Waals surface area (Å²) < 4.78 is 18.8. The van der Waals surface area contributed by atoms with Crippen molar-refractivity contribution in [3.8, 4) is 5.75 Å². The number of nitrogens with one attached hydrogen (secondary N) is 1. The lowest BCUT2D eigenvalue weighted by molar-refractivity contribution is 0.222. The number of para-hydroxylation sites is 1. The second-order valence-electron chi connectivity index (χ2n) is 5.23. The van der Waals surface area contributed by atoms with Crippen LogP contribution in [0.3, 0.4) is 0 Å². The topological polar surface area (TPSA) is 21.3 Å². The fourth-order valence-corrected chi connectivity index (χ4v) is 2.55. The molecule has 0 aliphatic carbocycles. The number of fused-ring (bicyclic) bond motifs is 1. The fraction of sp³-hybridized carbons (Fsp3) is 0.294. The van der Waals surface area contributed by atoms with Gasteiger partial charge in [-0.05, 0) is 36.2 Å². The molecule has 0 fully saturated rings. The maximum atomic E-state index is 12.9. The second-order valence-corrected chi connectivity index (χ2v) is 5.23. The zero-order valence-corrected chi connectivity index (χ0v) is 11.5. The molecular formula is C17H18FNO. The smallest absolute Gasteiger partial charge is 0.123 e. The van der Waals surface area contributed by atoms with E-state index in [-0.39, 0.29) is 18.0 Å². The minimum Gasteiger partial charge on any atom is -0.488 e. The number of benzene rings is 2. The van der Waals surface area contributed by atoms with E-state index in [0.29, 0.717) is 0 Å². The van der Waals surface area contributed by atoms with Crippen LogP contribution in [0, 0.1) is 5.82 Å². The molecular weight excluding hydrogens is 253 g/mol. The van der Waals surface area contributed by atoms with E-state index in [4.69, 9.17) is 4.74 Å². The first-order valence-corrected chi connectivity index (χ1v) is 6.96. The Bertz CT molecular complexity index is 557. The second kappa shape index (κ2) is 5.63. The highest BCUT2D eigenvalue weighted by Gasteiger charge is 2.22. The van der Waals surface area contributed by atoms with Crippen LogP contribution >= 0.6 is 0 Å². The summed E-state index contributed by atoms with van der Waals surface area (Å²) in [6, 6.07) is 15.0. The van der Waals surface area contributed by atoms with Gasteiger partial charge < -0.3 is 10.1 Å². The number of halogens is 1. The zero-order valence-electron chi connectivity index (χ0n) is 11.5. The van der Waals surface area contributed by atoms with E-state index in [1.54, 1.807) is 0 Å². The van der Waals surface area contributed by atoms with E-state index in [2.05, 4.69) is 18.3 Å². The fourth-order valence-electron chi connectivity index (χ4n) is 2.55. The summed E-state index contributed by atoms with van der Waals surface area (Å²) in [6.07, 6.45) is 1.12. The molecule has 20 heavy (non-hydrogen) atoms.